The molecule has 3 aliphatic heterocycles. The number of hydrogen-bond donors (Lipinski definition) is 0. The van der Waals surface area contributed by atoms with Gasteiger partial charge in [-0.3, -0.25) is 14.6 Å². The summed E-state index contributed by atoms with van der Waals surface area (Å²) in [6, 6.07) is 10.4. The molecule has 2 amide bonds. The van der Waals surface area contributed by atoms with Crippen LogP contribution in [0.3, 0.4) is 0 Å². The fourth-order valence-electron chi connectivity index (χ4n) is 4.28. The summed E-state index contributed by atoms with van der Waals surface area (Å²) in [6.07, 6.45) is 1.85. The fourth-order valence-corrected chi connectivity index (χ4v) is 4.28. The number of benzene rings is 1. The van der Waals surface area contributed by atoms with Crippen molar-refractivity contribution in [2.24, 2.45) is 5.92 Å². The van der Waals surface area contributed by atoms with Crippen LogP contribution < -0.4 is 4.90 Å². The zero-order chi connectivity index (χ0) is 19.1. The van der Waals surface area contributed by atoms with Gasteiger partial charge >= 0.3 is 0 Å². The first-order chi connectivity index (χ1) is 12.9. The molecule has 27 heavy (non-hydrogen) atoms. The summed E-state index contributed by atoms with van der Waals surface area (Å²) in [5, 5.41) is 1.12. The molecule has 3 fully saturated rings. The lowest BCUT2D eigenvalue weighted by Crippen LogP contribution is -2.51. The van der Waals surface area contributed by atoms with Crippen LogP contribution >= 0.6 is 0 Å². The van der Waals surface area contributed by atoms with Gasteiger partial charge < -0.3 is 14.7 Å². The molecule has 0 radical (unpaired) electrons. The standard InChI is InChI=1S/C21H26N4O2/c1-14-10-19(17-6-4-5-7-18(17)22-14)24-11-15-8-9-16(12-24)25(21(15)27)13-20(26)23(2)3/h4-7,10,15-16H,8-9,11-13H2,1-3H3/t15-,16+/m1/s1. The monoisotopic (exact) mass is 366 g/mol. The highest BCUT2D eigenvalue weighted by atomic mass is 16.2. The van der Waals surface area contributed by atoms with E-state index in [-0.39, 0.29) is 30.3 Å². The Morgan fingerprint density at radius 3 is 2.78 bits per heavy atom. The Morgan fingerprint density at radius 2 is 2.00 bits per heavy atom. The summed E-state index contributed by atoms with van der Waals surface area (Å²) in [5.41, 5.74) is 3.10. The number of fused-ring (bicyclic) bond motifs is 5. The topological polar surface area (TPSA) is 56.8 Å². The molecule has 6 heteroatoms. The first-order valence-electron chi connectivity index (χ1n) is 9.56. The second-order valence-corrected chi connectivity index (χ2v) is 7.89. The number of likely N-dealkylation sites (N-methyl/N-ethyl adjacent to an activating group) is 1. The van der Waals surface area contributed by atoms with Crippen LogP contribution in [0.2, 0.25) is 0 Å². The molecule has 2 atom stereocenters. The van der Waals surface area contributed by atoms with Gasteiger partial charge in [-0.05, 0) is 31.9 Å². The largest absolute Gasteiger partial charge is 0.368 e. The highest BCUT2D eigenvalue weighted by Crippen LogP contribution is 2.34. The molecule has 4 heterocycles. The van der Waals surface area contributed by atoms with Crippen molar-refractivity contribution >= 4 is 28.4 Å². The number of amides is 2. The summed E-state index contributed by atoms with van der Waals surface area (Å²) in [7, 11) is 3.47. The summed E-state index contributed by atoms with van der Waals surface area (Å²) < 4.78 is 0. The van der Waals surface area contributed by atoms with Gasteiger partial charge in [0, 0.05) is 50.0 Å². The van der Waals surface area contributed by atoms with E-state index >= 15 is 0 Å². The number of hydrogen-bond acceptors (Lipinski definition) is 4. The Labute approximate surface area is 159 Å². The molecule has 0 unspecified atom stereocenters. The quantitative estimate of drug-likeness (QED) is 0.834. The van der Waals surface area contributed by atoms with Gasteiger partial charge in [0.2, 0.25) is 11.8 Å². The lowest BCUT2D eigenvalue weighted by molar-refractivity contribution is -0.145. The van der Waals surface area contributed by atoms with E-state index in [1.54, 1.807) is 19.0 Å². The fraction of sp³-hybridized carbons (Fsp3) is 0.476. The van der Waals surface area contributed by atoms with Crippen molar-refractivity contribution < 1.29 is 9.59 Å². The van der Waals surface area contributed by atoms with Gasteiger partial charge in [0.1, 0.15) is 6.54 Å². The van der Waals surface area contributed by atoms with Crippen LogP contribution in [0, 0.1) is 12.8 Å². The normalized spacial score (nSPS) is 22.3. The SMILES string of the molecule is Cc1cc(N2C[C@H]3CC[C@@H](C2)N(CC(=O)N(C)C)C3=O)c2ccccc2n1. The van der Waals surface area contributed by atoms with Gasteiger partial charge in [-0.25, -0.2) is 0 Å². The number of carbonyl (C=O) groups excluding carboxylic acids is 2. The summed E-state index contributed by atoms with van der Waals surface area (Å²) in [4.78, 5) is 35.6. The number of anilines is 1. The zero-order valence-corrected chi connectivity index (χ0v) is 16.2. The van der Waals surface area contributed by atoms with Gasteiger partial charge in [-0.2, -0.15) is 0 Å². The van der Waals surface area contributed by atoms with E-state index in [2.05, 4.69) is 22.0 Å². The van der Waals surface area contributed by atoms with Crippen molar-refractivity contribution in [1.82, 2.24) is 14.8 Å². The van der Waals surface area contributed by atoms with Crippen molar-refractivity contribution in [3.8, 4) is 0 Å². The van der Waals surface area contributed by atoms with E-state index in [0.29, 0.717) is 6.54 Å². The summed E-state index contributed by atoms with van der Waals surface area (Å²) >= 11 is 0. The lowest BCUT2D eigenvalue weighted by atomic mass is 9.94. The molecule has 5 rings (SSSR count). The maximum Gasteiger partial charge on any atom is 0.241 e. The first kappa shape index (κ1) is 17.8. The lowest BCUT2D eigenvalue weighted by Gasteiger charge is -2.36. The van der Waals surface area contributed by atoms with Crippen LogP contribution in [-0.4, -0.2) is 66.4 Å². The molecule has 0 aliphatic carbocycles. The molecule has 0 saturated carbocycles. The number of rotatable bonds is 3. The number of pyridine rings is 1. The van der Waals surface area contributed by atoms with Gasteiger partial charge in [0.25, 0.3) is 0 Å². The van der Waals surface area contributed by atoms with E-state index < -0.39 is 0 Å². The Hall–Kier alpha value is -2.63. The first-order valence-corrected chi connectivity index (χ1v) is 9.56. The van der Waals surface area contributed by atoms with Crippen molar-refractivity contribution in [2.75, 3.05) is 38.6 Å². The predicted molar refractivity (Wildman–Crippen MR) is 106 cm³/mol. The Bertz CT molecular complexity index is 895. The highest BCUT2D eigenvalue weighted by Gasteiger charge is 2.41. The summed E-state index contributed by atoms with van der Waals surface area (Å²) in [6.45, 7) is 3.65. The van der Waals surface area contributed by atoms with Crippen LogP contribution in [0.1, 0.15) is 18.5 Å². The minimum absolute atomic E-state index is 0.0207. The van der Waals surface area contributed by atoms with Crippen molar-refractivity contribution in [1.29, 1.82) is 0 Å². The highest BCUT2D eigenvalue weighted by molar-refractivity contribution is 5.93. The number of carbonyl (C=O) groups is 2. The summed E-state index contributed by atoms with van der Waals surface area (Å²) in [5.74, 6) is 0.0534. The van der Waals surface area contributed by atoms with Crippen molar-refractivity contribution in [2.45, 2.75) is 25.8 Å². The third kappa shape index (κ3) is 3.24. The van der Waals surface area contributed by atoms with Gasteiger partial charge in [-0.1, -0.05) is 18.2 Å². The minimum atomic E-state index is -0.0501. The molecule has 3 saturated heterocycles. The predicted octanol–water partition coefficient (Wildman–Crippen LogP) is 2.06. The zero-order valence-electron chi connectivity index (χ0n) is 16.2. The second-order valence-electron chi connectivity index (χ2n) is 7.89. The number of piperidine rings is 1. The molecule has 0 N–H and O–H groups in total. The minimum Gasteiger partial charge on any atom is -0.368 e. The third-order valence-corrected chi connectivity index (χ3v) is 5.76. The molecular formula is C21H26N4O2. The van der Waals surface area contributed by atoms with Crippen LogP contribution in [0.5, 0.6) is 0 Å². The van der Waals surface area contributed by atoms with E-state index in [1.165, 1.54) is 0 Å². The molecule has 142 valence electrons. The molecule has 2 bridgehead atoms. The van der Waals surface area contributed by atoms with Crippen LogP contribution in [0.4, 0.5) is 5.69 Å². The van der Waals surface area contributed by atoms with Crippen LogP contribution in [0.15, 0.2) is 30.3 Å². The molecule has 0 spiro atoms. The number of para-hydroxylation sites is 1. The third-order valence-electron chi connectivity index (χ3n) is 5.76. The molecule has 1 aromatic heterocycles. The number of nitrogens with zero attached hydrogens (tertiary/aromatic N) is 4. The molecule has 1 aromatic carbocycles. The van der Waals surface area contributed by atoms with E-state index in [0.717, 1.165) is 41.7 Å². The average Bonchev–Trinajstić information content (AvgIpc) is 2.93. The number of aromatic nitrogens is 1. The maximum atomic E-state index is 13.0. The Balaban J connectivity index is 1.68. The second kappa shape index (κ2) is 6.83. The van der Waals surface area contributed by atoms with Gasteiger partial charge in [0.05, 0.1) is 11.4 Å². The molecular weight excluding hydrogens is 340 g/mol. The van der Waals surface area contributed by atoms with E-state index in [4.69, 9.17) is 0 Å². The Kier molecular flexibility index (Phi) is 4.50. The smallest absolute Gasteiger partial charge is 0.241 e. The Morgan fingerprint density at radius 1 is 1.22 bits per heavy atom. The van der Waals surface area contributed by atoms with Crippen LogP contribution in [0.25, 0.3) is 10.9 Å². The van der Waals surface area contributed by atoms with E-state index in [9.17, 15) is 9.59 Å². The molecule has 6 nitrogen and oxygen atoms in total. The maximum absolute atomic E-state index is 13.0. The van der Waals surface area contributed by atoms with Gasteiger partial charge in [0.15, 0.2) is 0 Å². The molecule has 3 aliphatic rings. The molecule has 2 aromatic rings. The van der Waals surface area contributed by atoms with Crippen molar-refractivity contribution in [3.05, 3.63) is 36.0 Å². The van der Waals surface area contributed by atoms with Crippen molar-refractivity contribution in [3.63, 3.8) is 0 Å². The van der Waals surface area contributed by atoms with Gasteiger partial charge in [-0.15, -0.1) is 0 Å². The van der Waals surface area contributed by atoms with E-state index in [1.807, 2.05) is 30.0 Å². The average molecular weight is 366 g/mol. The van der Waals surface area contributed by atoms with Crippen LogP contribution in [-0.2, 0) is 9.59 Å². The number of aryl methyl sites for hydroxylation is 1.